The van der Waals surface area contributed by atoms with E-state index in [1.807, 2.05) is 10.8 Å². The van der Waals surface area contributed by atoms with Gasteiger partial charge in [-0.3, -0.25) is 0 Å². The van der Waals surface area contributed by atoms with Crippen molar-refractivity contribution in [3.05, 3.63) is 42.5 Å². The lowest BCUT2D eigenvalue weighted by Crippen LogP contribution is -2.35. The molecule has 0 N–H and O–H groups in total. The summed E-state index contributed by atoms with van der Waals surface area (Å²) >= 11 is 0. The standard InChI is InChI=1S/C16H18F3N3O3S/c1-21(10-12-6-7-15-20-8-9-22(15)11-12)26(23,24)14-5-3-2-4-13(14)25-16(17,18)19/h2-5,8-9,12H,6-7,10-11H2,1H3/t12-/m0/s1. The molecule has 1 aliphatic heterocycles. The average Bonchev–Trinajstić information content (AvgIpc) is 3.01. The minimum absolute atomic E-state index is 0.0483. The summed E-state index contributed by atoms with van der Waals surface area (Å²) in [7, 11) is -2.76. The number of para-hydroxylation sites is 1. The largest absolute Gasteiger partial charge is 0.573 e. The Morgan fingerprint density at radius 1 is 1.35 bits per heavy atom. The van der Waals surface area contributed by atoms with Gasteiger partial charge in [0.1, 0.15) is 16.5 Å². The number of alkyl halides is 3. The molecule has 26 heavy (non-hydrogen) atoms. The average molecular weight is 389 g/mol. The predicted molar refractivity (Wildman–Crippen MR) is 87.0 cm³/mol. The van der Waals surface area contributed by atoms with E-state index in [1.165, 1.54) is 19.2 Å². The van der Waals surface area contributed by atoms with Crippen LogP contribution in [0.4, 0.5) is 13.2 Å². The van der Waals surface area contributed by atoms with E-state index >= 15 is 0 Å². The van der Waals surface area contributed by atoms with Crippen molar-refractivity contribution in [2.24, 2.45) is 5.92 Å². The van der Waals surface area contributed by atoms with E-state index in [0.29, 0.717) is 6.54 Å². The number of imidazole rings is 1. The second kappa shape index (κ2) is 6.92. The molecule has 0 spiro atoms. The third-order valence-corrected chi connectivity index (χ3v) is 6.17. The summed E-state index contributed by atoms with van der Waals surface area (Å²) < 4.78 is 70.1. The molecule has 10 heteroatoms. The van der Waals surface area contributed by atoms with Crippen molar-refractivity contribution in [1.82, 2.24) is 13.9 Å². The highest BCUT2D eigenvalue weighted by molar-refractivity contribution is 7.89. The summed E-state index contributed by atoms with van der Waals surface area (Å²) in [5.41, 5.74) is 0. The third kappa shape index (κ3) is 4.01. The fraction of sp³-hybridized carbons (Fsp3) is 0.438. The van der Waals surface area contributed by atoms with Gasteiger partial charge < -0.3 is 9.30 Å². The summed E-state index contributed by atoms with van der Waals surface area (Å²) in [6.45, 7) is 0.816. The molecule has 0 saturated carbocycles. The first kappa shape index (κ1) is 18.7. The molecule has 2 aromatic rings. The first-order valence-electron chi connectivity index (χ1n) is 7.98. The van der Waals surface area contributed by atoms with E-state index in [-0.39, 0.29) is 12.5 Å². The Balaban J connectivity index is 1.78. The highest BCUT2D eigenvalue weighted by Crippen LogP contribution is 2.31. The SMILES string of the molecule is CN(C[C@@H]1CCc2nccn2C1)S(=O)(=O)c1ccccc1OC(F)(F)F. The van der Waals surface area contributed by atoms with Crippen LogP contribution in [0.1, 0.15) is 12.2 Å². The Hall–Kier alpha value is -2.07. The smallest absolute Gasteiger partial charge is 0.404 e. The van der Waals surface area contributed by atoms with E-state index in [1.54, 1.807) is 6.20 Å². The number of ether oxygens (including phenoxy) is 1. The van der Waals surface area contributed by atoms with Crippen molar-refractivity contribution in [2.45, 2.75) is 30.6 Å². The van der Waals surface area contributed by atoms with Crippen LogP contribution in [-0.2, 0) is 23.0 Å². The molecule has 0 aliphatic carbocycles. The van der Waals surface area contributed by atoms with Crippen LogP contribution in [0, 0.1) is 5.92 Å². The van der Waals surface area contributed by atoms with Crippen molar-refractivity contribution >= 4 is 10.0 Å². The Labute approximate surface area is 149 Å². The number of hydrogen-bond acceptors (Lipinski definition) is 4. The molecular weight excluding hydrogens is 371 g/mol. The summed E-state index contributed by atoms with van der Waals surface area (Å²) in [6, 6.07) is 4.76. The third-order valence-electron chi connectivity index (χ3n) is 4.31. The zero-order chi connectivity index (χ0) is 18.9. The molecule has 3 rings (SSSR count). The van der Waals surface area contributed by atoms with Crippen LogP contribution in [0.5, 0.6) is 5.75 Å². The van der Waals surface area contributed by atoms with Gasteiger partial charge in [-0.15, -0.1) is 13.2 Å². The van der Waals surface area contributed by atoms with Crippen molar-refractivity contribution in [3.8, 4) is 5.75 Å². The van der Waals surface area contributed by atoms with Crippen LogP contribution < -0.4 is 4.74 Å². The number of hydrogen-bond donors (Lipinski definition) is 0. The molecular formula is C16H18F3N3O3S. The molecule has 2 heterocycles. The number of fused-ring (bicyclic) bond motifs is 1. The van der Waals surface area contributed by atoms with Gasteiger partial charge in [-0.2, -0.15) is 0 Å². The second-order valence-electron chi connectivity index (χ2n) is 6.18. The van der Waals surface area contributed by atoms with Gasteiger partial charge >= 0.3 is 6.36 Å². The molecule has 1 aromatic carbocycles. The summed E-state index contributed by atoms with van der Waals surface area (Å²) in [6.07, 6.45) is 0.0631. The molecule has 6 nitrogen and oxygen atoms in total. The summed E-state index contributed by atoms with van der Waals surface area (Å²) in [5, 5.41) is 0. The minimum Gasteiger partial charge on any atom is -0.404 e. The van der Waals surface area contributed by atoms with Crippen LogP contribution in [0.25, 0.3) is 0 Å². The number of aryl methyl sites for hydroxylation is 1. The Morgan fingerprint density at radius 3 is 2.81 bits per heavy atom. The number of aromatic nitrogens is 2. The van der Waals surface area contributed by atoms with Crippen LogP contribution in [-0.4, -0.2) is 42.2 Å². The van der Waals surface area contributed by atoms with Crippen LogP contribution in [0.2, 0.25) is 0 Å². The lowest BCUT2D eigenvalue weighted by atomic mass is 10.00. The molecule has 1 atom stereocenters. The van der Waals surface area contributed by atoms with Gasteiger partial charge in [0.05, 0.1) is 0 Å². The normalized spacial score (nSPS) is 18.0. The van der Waals surface area contributed by atoms with Gasteiger partial charge in [0.25, 0.3) is 0 Å². The molecule has 1 aromatic heterocycles. The Bertz CT molecular complexity index is 880. The first-order valence-corrected chi connectivity index (χ1v) is 9.42. The molecule has 0 unspecified atom stereocenters. The van der Waals surface area contributed by atoms with Crippen LogP contribution in [0.3, 0.4) is 0 Å². The number of halogens is 3. The van der Waals surface area contributed by atoms with Crippen molar-refractivity contribution in [3.63, 3.8) is 0 Å². The van der Waals surface area contributed by atoms with E-state index in [4.69, 9.17) is 0 Å². The molecule has 0 saturated heterocycles. The maximum absolute atomic E-state index is 12.8. The highest BCUT2D eigenvalue weighted by Gasteiger charge is 2.35. The van der Waals surface area contributed by atoms with Gasteiger partial charge in [-0.05, 0) is 24.5 Å². The number of sulfonamides is 1. The number of benzene rings is 1. The van der Waals surface area contributed by atoms with E-state index < -0.39 is 27.0 Å². The molecule has 1 aliphatic rings. The topological polar surface area (TPSA) is 64.4 Å². The van der Waals surface area contributed by atoms with E-state index in [0.717, 1.165) is 35.1 Å². The number of rotatable bonds is 5. The lowest BCUT2D eigenvalue weighted by Gasteiger charge is -2.28. The quantitative estimate of drug-likeness (QED) is 0.789. The van der Waals surface area contributed by atoms with E-state index in [9.17, 15) is 21.6 Å². The van der Waals surface area contributed by atoms with Gasteiger partial charge in [0, 0.05) is 39.0 Å². The molecule has 0 radical (unpaired) electrons. The molecule has 0 fully saturated rings. The van der Waals surface area contributed by atoms with E-state index in [2.05, 4.69) is 9.72 Å². The fourth-order valence-electron chi connectivity index (χ4n) is 3.09. The molecule has 0 amide bonds. The van der Waals surface area contributed by atoms with Gasteiger partial charge in [-0.25, -0.2) is 17.7 Å². The van der Waals surface area contributed by atoms with Gasteiger partial charge in [-0.1, -0.05) is 12.1 Å². The van der Waals surface area contributed by atoms with Crippen molar-refractivity contribution in [1.29, 1.82) is 0 Å². The predicted octanol–water partition coefficient (Wildman–Crippen LogP) is 2.66. The summed E-state index contributed by atoms with van der Waals surface area (Å²) in [5.74, 6) is 0.273. The lowest BCUT2D eigenvalue weighted by molar-refractivity contribution is -0.275. The molecule has 0 bridgehead atoms. The Morgan fingerprint density at radius 2 is 2.08 bits per heavy atom. The zero-order valence-corrected chi connectivity index (χ0v) is 14.8. The fourth-order valence-corrected chi connectivity index (χ4v) is 4.45. The second-order valence-corrected chi connectivity index (χ2v) is 8.19. The maximum Gasteiger partial charge on any atom is 0.573 e. The van der Waals surface area contributed by atoms with Crippen molar-refractivity contribution < 1.29 is 26.3 Å². The minimum atomic E-state index is -4.97. The summed E-state index contributed by atoms with van der Waals surface area (Å²) in [4.78, 5) is 3.72. The Kier molecular flexibility index (Phi) is 4.98. The van der Waals surface area contributed by atoms with Gasteiger partial charge in [0.2, 0.25) is 10.0 Å². The van der Waals surface area contributed by atoms with Crippen LogP contribution >= 0.6 is 0 Å². The molecule has 142 valence electrons. The van der Waals surface area contributed by atoms with Crippen LogP contribution in [0.15, 0.2) is 41.6 Å². The van der Waals surface area contributed by atoms with Crippen molar-refractivity contribution in [2.75, 3.05) is 13.6 Å². The monoisotopic (exact) mass is 389 g/mol. The number of nitrogens with zero attached hydrogens (tertiary/aromatic N) is 3. The maximum atomic E-state index is 12.8. The first-order chi connectivity index (χ1) is 12.2. The van der Waals surface area contributed by atoms with Gasteiger partial charge in [0.15, 0.2) is 0 Å². The zero-order valence-electron chi connectivity index (χ0n) is 14.0. The highest BCUT2D eigenvalue weighted by atomic mass is 32.2.